The van der Waals surface area contributed by atoms with Crippen LogP contribution in [0.4, 0.5) is 4.79 Å². The van der Waals surface area contributed by atoms with Gasteiger partial charge in [0.25, 0.3) is 0 Å². The number of carbonyl (C=O) groups excluding carboxylic acids is 1. The Hall–Kier alpha value is -0.730. The minimum Gasteiger partial charge on any atom is -0.444 e. The first-order valence-corrected chi connectivity index (χ1v) is 7.65. The van der Waals surface area contributed by atoms with Crippen LogP contribution in [-0.2, 0) is 4.74 Å². The van der Waals surface area contributed by atoms with Crippen molar-refractivity contribution in [3.8, 4) is 0 Å². The lowest BCUT2D eigenvalue weighted by Crippen LogP contribution is -2.43. The smallest absolute Gasteiger partial charge is 0.410 e. The van der Waals surface area contributed by atoms with E-state index in [1.165, 1.54) is 19.3 Å². The maximum atomic E-state index is 12.1. The minimum atomic E-state index is -0.405. The maximum Gasteiger partial charge on any atom is 0.410 e. The second-order valence-electron chi connectivity index (χ2n) is 7.41. The van der Waals surface area contributed by atoms with Gasteiger partial charge < -0.3 is 9.64 Å². The van der Waals surface area contributed by atoms with Crippen molar-refractivity contribution < 1.29 is 9.53 Å². The molecular formula is C16H31NO2. The molecule has 0 saturated heterocycles. The summed E-state index contributed by atoms with van der Waals surface area (Å²) >= 11 is 0. The maximum absolute atomic E-state index is 12.1. The van der Waals surface area contributed by atoms with E-state index in [9.17, 15) is 4.79 Å². The number of amides is 1. The molecule has 3 nitrogen and oxygen atoms in total. The molecule has 0 bridgehead atoms. The summed E-state index contributed by atoms with van der Waals surface area (Å²) in [6, 6.07) is 0.354. The van der Waals surface area contributed by atoms with Crippen LogP contribution in [0.15, 0.2) is 0 Å². The number of hydrogen-bond donors (Lipinski definition) is 0. The molecule has 19 heavy (non-hydrogen) atoms. The van der Waals surface area contributed by atoms with Gasteiger partial charge in [-0.25, -0.2) is 4.79 Å². The van der Waals surface area contributed by atoms with Crippen LogP contribution in [0.1, 0.15) is 66.7 Å². The van der Waals surface area contributed by atoms with Crippen molar-refractivity contribution in [3.63, 3.8) is 0 Å². The molecular weight excluding hydrogens is 238 g/mol. The summed E-state index contributed by atoms with van der Waals surface area (Å²) in [6.07, 6.45) is 5.89. The number of carbonyl (C=O) groups is 1. The molecule has 1 aliphatic carbocycles. The summed E-state index contributed by atoms with van der Waals surface area (Å²) in [4.78, 5) is 13.9. The van der Waals surface area contributed by atoms with Gasteiger partial charge in [-0.2, -0.15) is 0 Å². The number of rotatable bonds is 3. The summed E-state index contributed by atoms with van der Waals surface area (Å²) < 4.78 is 5.46. The Morgan fingerprint density at radius 1 is 1.32 bits per heavy atom. The third kappa shape index (κ3) is 5.84. The molecule has 1 saturated carbocycles. The molecule has 0 heterocycles. The van der Waals surface area contributed by atoms with Crippen LogP contribution in [0.5, 0.6) is 0 Å². The number of ether oxygens (including phenoxy) is 1. The molecule has 1 aliphatic rings. The van der Waals surface area contributed by atoms with Crippen molar-refractivity contribution >= 4 is 6.09 Å². The summed E-state index contributed by atoms with van der Waals surface area (Å²) in [7, 11) is 1.89. The second kappa shape index (κ2) is 6.62. The molecule has 1 rings (SSSR count). The van der Waals surface area contributed by atoms with Gasteiger partial charge in [0.1, 0.15) is 5.60 Å². The van der Waals surface area contributed by atoms with Crippen LogP contribution in [0.2, 0.25) is 0 Å². The molecule has 3 heteroatoms. The zero-order valence-corrected chi connectivity index (χ0v) is 13.5. The average Bonchev–Trinajstić information content (AvgIpc) is 2.25. The van der Waals surface area contributed by atoms with Crippen LogP contribution in [0, 0.1) is 11.8 Å². The zero-order valence-electron chi connectivity index (χ0n) is 13.5. The molecule has 0 aromatic heterocycles. The lowest BCUT2D eigenvalue weighted by Gasteiger charge is -2.36. The summed E-state index contributed by atoms with van der Waals surface area (Å²) in [5.74, 6) is 1.51. The molecule has 0 radical (unpaired) electrons. The lowest BCUT2D eigenvalue weighted by atomic mass is 9.81. The van der Waals surface area contributed by atoms with E-state index in [0.29, 0.717) is 6.04 Å². The zero-order chi connectivity index (χ0) is 14.6. The predicted molar refractivity (Wildman–Crippen MR) is 79.2 cm³/mol. The van der Waals surface area contributed by atoms with E-state index in [-0.39, 0.29) is 6.09 Å². The highest BCUT2D eigenvalue weighted by Crippen LogP contribution is 2.32. The lowest BCUT2D eigenvalue weighted by molar-refractivity contribution is 0.0159. The minimum absolute atomic E-state index is 0.178. The van der Waals surface area contributed by atoms with Crippen LogP contribution in [0.3, 0.4) is 0 Å². The van der Waals surface area contributed by atoms with Crippen LogP contribution < -0.4 is 0 Å². The predicted octanol–water partition coefficient (Wildman–Crippen LogP) is 4.46. The molecule has 1 fully saturated rings. The highest BCUT2D eigenvalue weighted by Gasteiger charge is 2.30. The number of hydrogen-bond acceptors (Lipinski definition) is 2. The van der Waals surface area contributed by atoms with E-state index >= 15 is 0 Å². The number of nitrogens with zero attached hydrogens (tertiary/aromatic N) is 1. The Kier molecular flexibility index (Phi) is 5.69. The molecule has 0 spiro atoms. The Balaban J connectivity index is 2.51. The standard InChI is InChI=1S/C16H31NO2/c1-12(2)10-13-8-7-9-14(11-13)17(6)15(18)19-16(3,4)5/h12-14H,7-11H2,1-6H3/t13-,14+/m0/s1. The van der Waals surface area contributed by atoms with Crippen molar-refractivity contribution in [1.29, 1.82) is 0 Å². The Morgan fingerprint density at radius 2 is 1.95 bits per heavy atom. The van der Waals surface area contributed by atoms with Crippen LogP contribution >= 0.6 is 0 Å². The first-order valence-electron chi connectivity index (χ1n) is 7.65. The van der Waals surface area contributed by atoms with Gasteiger partial charge in [-0.1, -0.05) is 26.7 Å². The Labute approximate surface area is 118 Å². The normalized spacial score (nSPS) is 24.4. The topological polar surface area (TPSA) is 29.5 Å². The van der Waals surface area contributed by atoms with Gasteiger partial charge in [-0.15, -0.1) is 0 Å². The van der Waals surface area contributed by atoms with Gasteiger partial charge in [0.2, 0.25) is 0 Å². The average molecular weight is 269 g/mol. The van der Waals surface area contributed by atoms with Gasteiger partial charge in [-0.3, -0.25) is 0 Å². The van der Waals surface area contributed by atoms with E-state index in [1.807, 2.05) is 32.7 Å². The Morgan fingerprint density at radius 3 is 2.47 bits per heavy atom. The molecule has 1 amide bonds. The van der Waals surface area contributed by atoms with Gasteiger partial charge >= 0.3 is 6.09 Å². The van der Waals surface area contributed by atoms with Crippen molar-refractivity contribution in [2.45, 2.75) is 78.4 Å². The SMILES string of the molecule is CC(C)C[C@@H]1CCC[C@@H](N(C)C(=O)OC(C)(C)C)C1. The fourth-order valence-corrected chi connectivity index (χ4v) is 2.98. The molecule has 0 aromatic carbocycles. The third-order valence-corrected chi connectivity index (χ3v) is 3.79. The fourth-order valence-electron chi connectivity index (χ4n) is 2.98. The first kappa shape index (κ1) is 16.3. The van der Waals surface area contributed by atoms with Crippen molar-refractivity contribution in [3.05, 3.63) is 0 Å². The van der Waals surface area contributed by atoms with Gasteiger partial charge in [0.05, 0.1) is 0 Å². The van der Waals surface area contributed by atoms with Gasteiger partial charge in [0.15, 0.2) is 0 Å². The molecule has 2 atom stereocenters. The van der Waals surface area contributed by atoms with Crippen LogP contribution in [-0.4, -0.2) is 29.7 Å². The molecule has 0 aromatic rings. The monoisotopic (exact) mass is 269 g/mol. The van der Waals surface area contributed by atoms with Crippen LogP contribution in [0.25, 0.3) is 0 Å². The Bertz CT molecular complexity index is 294. The van der Waals surface area contributed by atoms with Gasteiger partial charge in [0, 0.05) is 13.1 Å². The second-order valence-corrected chi connectivity index (χ2v) is 7.41. The first-order chi connectivity index (χ1) is 8.69. The van der Waals surface area contributed by atoms with Gasteiger partial charge in [-0.05, 0) is 51.9 Å². The largest absolute Gasteiger partial charge is 0.444 e. The highest BCUT2D eigenvalue weighted by molar-refractivity contribution is 5.68. The summed E-state index contributed by atoms with van der Waals surface area (Å²) in [6.45, 7) is 10.3. The highest BCUT2D eigenvalue weighted by atomic mass is 16.6. The van der Waals surface area contributed by atoms with E-state index in [0.717, 1.165) is 24.7 Å². The molecule has 0 N–H and O–H groups in total. The van der Waals surface area contributed by atoms with Crippen molar-refractivity contribution in [2.24, 2.45) is 11.8 Å². The van der Waals surface area contributed by atoms with Crippen molar-refractivity contribution in [2.75, 3.05) is 7.05 Å². The van der Waals surface area contributed by atoms with E-state index < -0.39 is 5.60 Å². The quantitative estimate of drug-likeness (QED) is 0.757. The van der Waals surface area contributed by atoms with E-state index in [4.69, 9.17) is 4.74 Å². The third-order valence-electron chi connectivity index (χ3n) is 3.79. The molecule has 0 unspecified atom stereocenters. The van der Waals surface area contributed by atoms with Crippen molar-refractivity contribution in [1.82, 2.24) is 4.90 Å². The fraction of sp³-hybridized carbons (Fsp3) is 0.938. The molecule has 112 valence electrons. The molecule has 0 aliphatic heterocycles. The van der Waals surface area contributed by atoms with E-state index in [2.05, 4.69) is 13.8 Å². The summed E-state index contributed by atoms with van der Waals surface area (Å²) in [5.41, 5.74) is -0.405. The van der Waals surface area contributed by atoms with E-state index in [1.54, 1.807) is 0 Å². The summed E-state index contributed by atoms with van der Waals surface area (Å²) in [5, 5.41) is 0.